The summed E-state index contributed by atoms with van der Waals surface area (Å²) in [5.41, 5.74) is 7.02. The van der Waals surface area contributed by atoms with Gasteiger partial charge >= 0.3 is 0 Å². The highest BCUT2D eigenvalue weighted by molar-refractivity contribution is 7.26. The van der Waals surface area contributed by atoms with Crippen molar-refractivity contribution in [1.29, 1.82) is 0 Å². The molecule has 9 aromatic rings. The molecule has 9 rings (SSSR count). The molecule has 3 nitrogen and oxygen atoms in total. The number of fused-ring (bicyclic) bond motifs is 9. The van der Waals surface area contributed by atoms with E-state index in [4.69, 9.17) is 9.97 Å². The summed E-state index contributed by atoms with van der Waals surface area (Å²) in [5.74, 6) is 0. The van der Waals surface area contributed by atoms with Gasteiger partial charge in [0.05, 0.1) is 27.9 Å². The molecule has 4 aromatic heterocycles. The SMILES string of the molecule is c1cnc2c(c1)ccc1ccc(-c3ccc(-c4ccc5c(ccc6c7ccccc7sc56)n4)c4ccccc34)nc12. The zero-order valence-electron chi connectivity index (χ0n) is 21.9. The molecular formula is C37H21N3S. The number of benzene rings is 5. The summed E-state index contributed by atoms with van der Waals surface area (Å²) < 4.78 is 2.61. The summed E-state index contributed by atoms with van der Waals surface area (Å²) >= 11 is 1.84. The topological polar surface area (TPSA) is 38.7 Å². The number of hydrogen-bond acceptors (Lipinski definition) is 4. The fourth-order valence-electron chi connectivity index (χ4n) is 6.16. The summed E-state index contributed by atoms with van der Waals surface area (Å²) in [7, 11) is 0. The summed E-state index contributed by atoms with van der Waals surface area (Å²) in [4.78, 5) is 15.0. The molecule has 190 valence electrons. The van der Waals surface area contributed by atoms with E-state index in [1.807, 2.05) is 23.6 Å². The number of pyridine rings is 3. The predicted octanol–water partition coefficient (Wildman–Crippen LogP) is 10.2. The van der Waals surface area contributed by atoms with Crippen LogP contribution in [-0.4, -0.2) is 15.0 Å². The molecule has 0 bridgehead atoms. The Bertz CT molecular complexity index is 2490. The smallest absolute Gasteiger partial charge is 0.0972 e. The van der Waals surface area contributed by atoms with Gasteiger partial charge < -0.3 is 0 Å². The molecule has 4 heteroatoms. The molecule has 0 saturated carbocycles. The van der Waals surface area contributed by atoms with E-state index in [1.165, 1.54) is 25.6 Å². The van der Waals surface area contributed by atoms with Crippen LogP contribution in [0.1, 0.15) is 0 Å². The Morgan fingerprint density at radius 1 is 0.439 bits per heavy atom. The van der Waals surface area contributed by atoms with Crippen LogP contribution in [0.5, 0.6) is 0 Å². The van der Waals surface area contributed by atoms with E-state index in [1.54, 1.807) is 0 Å². The maximum Gasteiger partial charge on any atom is 0.0972 e. The van der Waals surface area contributed by atoms with Crippen LogP contribution in [0.4, 0.5) is 0 Å². The van der Waals surface area contributed by atoms with E-state index >= 15 is 0 Å². The molecule has 0 atom stereocenters. The van der Waals surface area contributed by atoms with Crippen molar-refractivity contribution in [2.24, 2.45) is 0 Å². The fraction of sp³-hybridized carbons (Fsp3) is 0. The minimum Gasteiger partial charge on any atom is -0.254 e. The Morgan fingerprint density at radius 3 is 1.93 bits per heavy atom. The number of rotatable bonds is 2. The standard InChI is InChI=1S/C37H21N3S/c1-2-8-25-24(7-1)26(14-15-27(25)32-18-13-23-12-11-22-6-5-21-38-35(22)36(23)40-32)31-20-17-30-33(39-31)19-16-29-28-9-3-4-10-34(28)41-37(29)30/h1-21H. The quantitative estimate of drug-likeness (QED) is 0.205. The van der Waals surface area contributed by atoms with Crippen LogP contribution in [0.2, 0.25) is 0 Å². The van der Waals surface area contributed by atoms with Crippen LogP contribution in [0.15, 0.2) is 128 Å². The predicted molar refractivity (Wildman–Crippen MR) is 174 cm³/mol. The average molecular weight is 540 g/mol. The highest BCUT2D eigenvalue weighted by Gasteiger charge is 2.14. The van der Waals surface area contributed by atoms with Gasteiger partial charge in [-0.3, -0.25) is 4.98 Å². The Labute approximate surface area is 239 Å². The first kappa shape index (κ1) is 22.6. The van der Waals surface area contributed by atoms with Crippen molar-refractivity contribution >= 4 is 75.0 Å². The Morgan fingerprint density at radius 2 is 1.10 bits per heavy atom. The van der Waals surface area contributed by atoms with Crippen molar-refractivity contribution in [3.63, 3.8) is 0 Å². The fourth-order valence-corrected chi connectivity index (χ4v) is 7.38. The van der Waals surface area contributed by atoms with Crippen molar-refractivity contribution in [3.8, 4) is 22.5 Å². The van der Waals surface area contributed by atoms with Crippen LogP contribution in [0.3, 0.4) is 0 Å². The molecule has 0 unspecified atom stereocenters. The lowest BCUT2D eigenvalue weighted by atomic mass is 9.95. The van der Waals surface area contributed by atoms with Crippen molar-refractivity contribution in [3.05, 3.63) is 128 Å². The van der Waals surface area contributed by atoms with E-state index in [2.05, 4.69) is 120 Å². The molecule has 0 aliphatic carbocycles. The third-order valence-electron chi connectivity index (χ3n) is 8.12. The van der Waals surface area contributed by atoms with E-state index in [0.717, 1.165) is 60.6 Å². The second-order valence-corrected chi connectivity index (χ2v) is 11.5. The van der Waals surface area contributed by atoms with Gasteiger partial charge in [-0.05, 0) is 47.2 Å². The van der Waals surface area contributed by atoms with Crippen molar-refractivity contribution in [1.82, 2.24) is 15.0 Å². The molecule has 4 heterocycles. The Hall–Kier alpha value is -5.19. The lowest BCUT2D eigenvalue weighted by molar-refractivity contribution is 1.37. The van der Waals surface area contributed by atoms with Gasteiger partial charge in [0.1, 0.15) is 0 Å². The highest BCUT2D eigenvalue weighted by atomic mass is 32.1. The van der Waals surface area contributed by atoms with E-state index < -0.39 is 0 Å². The van der Waals surface area contributed by atoms with Gasteiger partial charge in [-0.15, -0.1) is 11.3 Å². The number of hydrogen-bond donors (Lipinski definition) is 0. The first-order chi connectivity index (χ1) is 20.3. The third kappa shape index (κ3) is 3.41. The van der Waals surface area contributed by atoms with Gasteiger partial charge in [0.25, 0.3) is 0 Å². The molecule has 0 aliphatic heterocycles. The van der Waals surface area contributed by atoms with Crippen LogP contribution >= 0.6 is 11.3 Å². The average Bonchev–Trinajstić information content (AvgIpc) is 3.43. The van der Waals surface area contributed by atoms with Crippen LogP contribution in [0.25, 0.3) is 86.2 Å². The minimum atomic E-state index is 0.928. The molecular weight excluding hydrogens is 518 g/mol. The third-order valence-corrected chi connectivity index (χ3v) is 9.34. The molecule has 5 aromatic carbocycles. The van der Waals surface area contributed by atoms with Crippen LogP contribution in [0, 0.1) is 0 Å². The summed E-state index contributed by atoms with van der Waals surface area (Å²) in [6.07, 6.45) is 1.84. The molecule has 0 spiro atoms. The zero-order chi connectivity index (χ0) is 26.9. The van der Waals surface area contributed by atoms with Crippen LogP contribution in [-0.2, 0) is 0 Å². The van der Waals surface area contributed by atoms with E-state index in [9.17, 15) is 0 Å². The minimum absolute atomic E-state index is 0.928. The first-order valence-corrected chi connectivity index (χ1v) is 14.5. The highest BCUT2D eigenvalue weighted by Crippen LogP contribution is 2.40. The maximum absolute atomic E-state index is 5.18. The summed E-state index contributed by atoms with van der Waals surface area (Å²) in [6, 6.07) is 42.9. The lowest BCUT2D eigenvalue weighted by Crippen LogP contribution is -1.92. The zero-order valence-corrected chi connectivity index (χ0v) is 22.7. The second-order valence-electron chi connectivity index (χ2n) is 10.4. The first-order valence-electron chi connectivity index (χ1n) is 13.7. The van der Waals surface area contributed by atoms with Gasteiger partial charge in [0.2, 0.25) is 0 Å². The van der Waals surface area contributed by atoms with Crippen LogP contribution < -0.4 is 0 Å². The van der Waals surface area contributed by atoms with Gasteiger partial charge in [-0.1, -0.05) is 84.9 Å². The molecule has 0 N–H and O–H groups in total. The van der Waals surface area contributed by atoms with Gasteiger partial charge in [-0.2, -0.15) is 0 Å². The summed E-state index contributed by atoms with van der Waals surface area (Å²) in [5, 5.41) is 8.33. The maximum atomic E-state index is 5.18. The Kier molecular flexibility index (Phi) is 4.77. The van der Waals surface area contributed by atoms with E-state index in [-0.39, 0.29) is 0 Å². The monoisotopic (exact) mass is 539 g/mol. The molecule has 0 amide bonds. The number of aromatic nitrogens is 3. The molecule has 41 heavy (non-hydrogen) atoms. The molecule has 0 radical (unpaired) electrons. The molecule has 0 saturated heterocycles. The van der Waals surface area contributed by atoms with E-state index in [0.29, 0.717) is 0 Å². The molecule has 0 aliphatic rings. The van der Waals surface area contributed by atoms with Crippen molar-refractivity contribution < 1.29 is 0 Å². The number of thiophene rings is 1. The van der Waals surface area contributed by atoms with Gasteiger partial charge in [0.15, 0.2) is 0 Å². The Balaban J connectivity index is 1.22. The van der Waals surface area contributed by atoms with Gasteiger partial charge in [0, 0.05) is 53.7 Å². The summed E-state index contributed by atoms with van der Waals surface area (Å²) in [6.45, 7) is 0. The van der Waals surface area contributed by atoms with Gasteiger partial charge in [-0.25, -0.2) is 9.97 Å². The largest absolute Gasteiger partial charge is 0.254 e. The number of nitrogens with zero attached hydrogens (tertiary/aromatic N) is 3. The van der Waals surface area contributed by atoms with Crippen molar-refractivity contribution in [2.75, 3.05) is 0 Å². The van der Waals surface area contributed by atoms with Crippen molar-refractivity contribution in [2.45, 2.75) is 0 Å². The second kappa shape index (κ2) is 8.65. The normalized spacial score (nSPS) is 11.9. The molecule has 0 fully saturated rings. The lowest BCUT2D eigenvalue weighted by Gasteiger charge is -2.13.